The fraction of sp³-hybridized carbons (Fsp3) is 0.500. The molecule has 0 fully saturated rings. The molecule has 17 heavy (non-hydrogen) atoms. The van der Waals surface area contributed by atoms with E-state index in [1.807, 2.05) is 0 Å². The minimum atomic E-state index is 0.409. The van der Waals surface area contributed by atoms with Crippen molar-refractivity contribution in [3.63, 3.8) is 0 Å². The highest BCUT2D eigenvalue weighted by molar-refractivity contribution is 5.40. The molecule has 0 heterocycles. The average Bonchev–Trinajstić information content (AvgIpc) is 2.34. The summed E-state index contributed by atoms with van der Waals surface area (Å²) >= 11 is 0. The maximum Gasteiger partial charge on any atom is 0.122 e. The van der Waals surface area contributed by atoms with Crippen LogP contribution in [0.25, 0.3) is 0 Å². The Morgan fingerprint density at radius 1 is 1.35 bits per heavy atom. The van der Waals surface area contributed by atoms with Crippen LogP contribution in [0, 0.1) is 19.3 Å². The van der Waals surface area contributed by atoms with E-state index in [1.54, 1.807) is 0 Å². The van der Waals surface area contributed by atoms with Crippen LogP contribution in [0.3, 0.4) is 0 Å². The van der Waals surface area contributed by atoms with Gasteiger partial charge in [-0.2, -0.15) is 0 Å². The summed E-state index contributed by atoms with van der Waals surface area (Å²) in [5.74, 6) is 4.17. The molecule has 0 saturated carbocycles. The Bertz CT molecular complexity index is 387. The predicted molar refractivity (Wildman–Crippen MR) is 73.4 cm³/mol. The second-order valence-corrected chi connectivity index (χ2v) is 4.40. The van der Waals surface area contributed by atoms with Gasteiger partial charge in [0.2, 0.25) is 0 Å². The first-order valence-corrected chi connectivity index (χ1v) is 6.39. The lowest BCUT2D eigenvalue weighted by Crippen LogP contribution is -2.03. The van der Waals surface area contributed by atoms with Crippen LogP contribution in [0.2, 0.25) is 0 Å². The Kier molecular flexibility index (Phi) is 5.63. The molecule has 1 unspecified atom stereocenters. The van der Waals surface area contributed by atoms with Gasteiger partial charge in [0, 0.05) is 6.42 Å². The van der Waals surface area contributed by atoms with Crippen LogP contribution in [0.5, 0.6) is 5.75 Å². The van der Waals surface area contributed by atoms with Gasteiger partial charge in [-0.05, 0) is 37.3 Å². The summed E-state index contributed by atoms with van der Waals surface area (Å²) in [7, 11) is 0. The molecule has 0 aliphatic rings. The van der Waals surface area contributed by atoms with Gasteiger partial charge < -0.3 is 4.74 Å². The number of rotatable bonds is 6. The quantitative estimate of drug-likeness (QED) is 0.662. The Hall–Kier alpha value is -1.42. The molecular formula is C16H22O. The molecule has 1 aromatic carbocycles. The summed E-state index contributed by atoms with van der Waals surface area (Å²) < 4.78 is 5.80. The first kappa shape index (κ1) is 13.6. The maximum atomic E-state index is 5.80. The monoisotopic (exact) mass is 230 g/mol. The van der Waals surface area contributed by atoms with Crippen molar-refractivity contribution in [2.24, 2.45) is 0 Å². The van der Waals surface area contributed by atoms with Crippen molar-refractivity contribution in [2.45, 2.75) is 46.0 Å². The van der Waals surface area contributed by atoms with Gasteiger partial charge in [0.15, 0.2) is 0 Å². The zero-order chi connectivity index (χ0) is 12.7. The van der Waals surface area contributed by atoms with Crippen LogP contribution >= 0.6 is 0 Å². The fourth-order valence-corrected chi connectivity index (χ4v) is 1.95. The van der Waals surface area contributed by atoms with Gasteiger partial charge in [-0.1, -0.05) is 31.5 Å². The standard InChI is InChI=1S/C16H22O/c1-5-8-14(7-3)15-12-13(4)9-10-16(15)17-11-6-2/h1,9-10,12,14H,6-8,11H2,2-4H3. The number of hydrogen-bond donors (Lipinski definition) is 0. The third kappa shape index (κ3) is 3.82. The molecule has 0 aromatic heterocycles. The molecule has 0 radical (unpaired) electrons. The minimum Gasteiger partial charge on any atom is -0.493 e. The van der Waals surface area contributed by atoms with Crippen LogP contribution in [0.4, 0.5) is 0 Å². The van der Waals surface area contributed by atoms with E-state index in [1.165, 1.54) is 11.1 Å². The minimum absolute atomic E-state index is 0.409. The normalized spacial score (nSPS) is 11.9. The van der Waals surface area contributed by atoms with Crippen molar-refractivity contribution in [3.8, 4) is 18.1 Å². The summed E-state index contributed by atoms with van der Waals surface area (Å²) in [4.78, 5) is 0. The van der Waals surface area contributed by atoms with Gasteiger partial charge in [0.05, 0.1) is 6.61 Å². The zero-order valence-electron chi connectivity index (χ0n) is 11.1. The molecule has 0 bridgehead atoms. The topological polar surface area (TPSA) is 9.23 Å². The van der Waals surface area contributed by atoms with E-state index >= 15 is 0 Å². The number of hydrogen-bond acceptors (Lipinski definition) is 1. The first-order chi connectivity index (χ1) is 8.22. The molecule has 0 saturated heterocycles. The third-order valence-electron chi connectivity index (χ3n) is 2.92. The zero-order valence-corrected chi connectivity index (χ0v) is 11.1. The van der Waals surface area contributed by atoms with E-state index in [-0.39, 0.29) is 0 Å². The van der Waals surface area contributed by atoms with Gasteiger partial charge in [0.1, 0.15) is 5.75 Å². The van der Waals surface area contributed by atoms with Gasteiger partial charge in [-0.3, -0.25) is 0 Å². The highest BCUT2D eigenvalue weighted by Crippen LogP contribution is 2.32. The Morgan fingerprint density at radius 2 is 2.12 bits per heavy atom. The highest BCUT2D eigenvalue weighted by Gasteiger charge is 2.14. The van der Waals surface area contributed by atoms with Gasteiger partial charge in [0.25, 0.3) is 0 Å². The average molecular weight is 230 g/mol. The largest absolute Gasteiger partial charge is 0.493 e. The molecule has 1 nitrogen and oxygen atoms in total. The molecule has 0 N–H and O–H groups in total. The van der Waals surface area contributed by atoms with E-state index < -0.39 is 0 Å². The molecule has 0 aliphatic carbocycles. The van der Waals surface area contributed by atoms with Crippen molar-refractivity contribution in [1.82, 2.24) is 0 Å². The Labute approximate surface area is 105 Å². The van der Waals surface area contributed by atoms with Crippen LogP contribution in [0.15, 0.2) is 18.2 Å². The number of terminal acetylenes is 1. The summed E-state index contributed by atoms with van der Waals surface area (Å²) in [5, 5.41) is 0. The predicted octanol–water partition coefficient (Wildman–Crippen LogP) is 4.30. The van der Waals surface area contributed by atoms with Crippen LogP contribution in [0.1, 0.15) is 50.2 Å². The van der Waals surface area contributed by atoms with E-state index in [0.29, 0.717) is 5.92 Å². The van der Waals surface area contributed by atoms with Crippen LogP contribution < -0.4 is 4.74 Å². The molecule has 0 spiro atoms. The fourth-order valence-electron chi connectivity index (χ4n) is 1.95. The summed E-state index contributed by atoms with van der Waals surface area (Å²) in [5.41, 5.74) is 2.53. The second kappa shape index (κ2) is 7.01. The van der Waals surface area contributed by atoms with Crippen molar-refractivity contribution < 1.29 is 4.74 Å². The Balaban J connectivity index is 3.00. The smallest absolute Gasteiger partial charge is 0.122 e. The van der Waals surface area contributed by atoms with Crippen molar-refractivity contribution in [2.75, 3.05) is 6.61 Å². The van der Waals surface area contributed by atoms with Gasteiger partial charge >= 0.3 is 0 Å². The molecule has 1 aromatic rings. The van der Waals surface area contributed by atoms with E-state index in [0.717, 1.165) is 31.6 Å². The van der Waals surface area contributed by atoms with Crippen molar-refractivity contribution in [1.29, 1.82) is 0 Å². The van der Waals surface area contributed by atoms with E-state index in [9.17, 15) is 0 Å². The lowest BCUT2D eigenvalue weighted by atomic mass is 9.91. The van der Waals surface area contributed by atoms with Crippen LogP contribution in [-0.4, -0.2) is 6.61 Å². The number of ether oxygens (including phenoxy) is 1. The number of benzene rings is 1. The number of aryl methyl sites for hydroxylation is 1. The SMILES string of the molecule is C#CCC(CC)c1cc(C)ccc1OCCC. The highest BCUT2D eigenvalue weighted by atomic mass is 16.5. The molecule has 1 atom stereocenters. The van der Waals surface area contributed by atoms with Crippen LogP contribution in [-0.2, 0) is 0 Å². The Morgan fingerprint density at radius 3 is 2.71 bits per heavy atom. The lowest BCUT2D eigenvalue weighted by Gasteiger charge is -2.18. The van der Waals surface area contributed by atoms with E-state index in [4.69, 9.17) is 11.2 Å². The van der Waals surface area contributed by atoms with Gasteiger partial charge in [-0.25, -0.2) is 0 Å². The van der Waals surface area contributed by atoms with Crippen molar-refractivity contribution in [3.05, 3.63) is 29.3 Å². The van der Waals surface area contributed by atoms with Crippen molar-refractivity contribution >= 4 is 0 Å². The lowest BCUT2D eigenvalue weighted by molar-refractivity contribution is 0.311. The third-order valence-corrected chi connectivity index (χ3v) is 2.92. The first-order valence-electron chi connectivity index (χ1n) is 6.39. The molecule has 1 heteroatoms. The molecule has 1 rings (SSSR count). The maximum absolute atomic E-state index is 5.80. The summed E-state index contributed by atoms with van der Waals surface area (Å²) in [6.07, 6.45) is 8.30. The van der Waals surface area contributed by atoms with Gasteiger partial charge in [-0.15, -0.1) is 12.3 Å². The second-order valence-electron chi connectivity index (χ2n) is 4.40. The molecule has 0 amide bonds. The summed E-state index contributed by atoms with van der Waals surface area (Å²) in [6, 6.07) is 6.37. The molecular weight excluding hydrogens is 208 g/mol. The molecule has 0 aliphatic heterocycles. The molecule has 92 valence electrons. The summed E-state index contributed by atoms with van der Waals surface area (Å²) in [6.45, 7) is 7.17. The van der Waals surface area contributed by atoms with E-state index in [2.05, 4.69) is 44.9 Å².